The number of nitrogens with zero attached hydrogens (tertiary/aromatic N) is 1. The number of nitrogens with one attached hydrogen (secondary N) is 1. The third-order valence-electron chi connectivity index (χ3n) is 4.30. The zero-order chi connectivity index (χ0) is 13.0. The molecule has 1 saturated heterocycles. The molecule has 0 amide bonds. The summed E-state index contributed by atoms with van der Waals surface area (Å²) in [6.45, 7) is 9.24. The monoisotopic (exact) mass is 256 g/mol. The van der Waals surface area contributed by atoms with Crippen LogP contribution in [-0.2, 0) is 4.74 Å². The van der Waals surface area contributed by atoms with E-state index in [1.807, 2.05) is 0 Å². The maximum Gasteiger partial charge on any atom is 0.0826 e. The van der Waals surface area contributed by atoms with Gasteiger partial charge in [0.1, 0.15) is 0 Å². The second-order valence-electron chi connectivity index (χ2n) is 6.00. The molecular weight excluding hydrogens is 228 g/mol. The molecule has 2 rings (SSSR count). The molecule has 3 unspecified atom stereocenters. The van der Waals surface area contributed by atoms with E-state index in [9.17, 15) is 5.11 Å². The molecule has 0 aromatic carbocycles. The maximum absolute atomic E-state index is 9.76. The second-order valence-corrected chi connectivity index (χ2v) is 6.00. The van der Waals surface area contributed by atoms with Crippen LogP contribution in [0.15, 0.2) is 0 Å². The van der Waals surface area contributed by atoms with Crippen LogP contribution in [-0.4, -0.2) is 61.0 Å². The first-order chi connectivity index (χ1) is 8.66. The van der Waals surface area contributed by atoms with Gasteiger partial charge in [0.05, 0.1) is 18.8 Å². The smallest absolute Gasteiger partial charge is 0.0826 e. The molecular formula is C14H28N2O2. The summed E-state index contributed by atoms with van der Waals surface area (Å²) in [5.41, 5.74) is 0. The van der Waals surface area contributed by atoms with Crippen LogP contribution in [0.3, 0.4) is 0 Å². The second kappa shape index (κ2) is 6.85. The van der Waals surface area contributed by atoms with E-state index in [-0.39, 0.29) is 6.10 Å². The highest BCUT2D eigenvalue weighted by Gasteiger charge is 2.26. The number of aliphatic hydroxyl groups is 1. The molecule has 2 fully saturated rings. The highest BCUT2D eigenvalue weighted by Crippen LogP contribution is 2.24. The van der Waals surface area contributed by atoms with Crippen molar-refractivity contribution in [1.82, 2.24) is 10.2 Å². The molecule has 4 nitrogen and oxygen atoms in total. The Morgan fingerprint density at radius 2 is 2.17 bits per heavy atom. The number of morpholine rings is 1. The van der Waals surface area contributed by atoms with Crippen LogP contribution in [0, 0.1) is 5.92 Å². The molecule has 2 N–H and O–H groups in total. The molecule has 0 aromatic heterocycles. The van der Waals surface area contributed by atoms with E-state index in [0.717, 1.165) is 45.6 Å². The maximum atomic E-state index is 9.76. The fraction of sp³-hybridized carbons (Fsp3) is 1.00. The van der Waals surface area contributed by atoms with Crippen molar-refractivity contribution in [3.8, 4) is 0 Å². The number of rotatable bonds is 5. The summed E-state index contributed by atoms with van der Waals surface area (Å²) >= 11 is 0. The summed E-state index contributed by atoms with van der Waals surface area (Å²) in [6.07, 6.45) is 3.54. The third-order valence-corrected chi connectivity index (χ3v) is 4.30. The van der Waals surface area contributed by atoms with E-state index >= 15 is 0 Å². The first-order valence-corrected chi connectivity index (χ1v) is 7.41. The van der Waals surface area contributed by atoms with E-state index < -0.39 is 0 Å². The molecule has 1 heterocycles. The van der Waals surface area contributed by atoms with Gasteiger partial charge >= 0.3 is 0 Å². The fourth-order valence-corrected chi connectivity index (χ4v) is 3.02. The normalized spacial score (nSPS) is 34.3. The summed E-state index contributed by atoms with van der Waals surface area (Å²) in [4.78, 5) is 2.47. The predicted octanol–water partition coefficient (Wildman–Crippen LogP) is 0.846. The van der Waals surface area contributed by atoms with Crippen molar-refractivity contribution in [1.29, 1.82) is 0 Å². The summed E-state index contributed by atoms with van der Waals surface area (Å²) in [6, 6.07) is 0.605. The molecule has 1 saturated carbocycles. The van der Waals surface area contributed by atoms with E-state index in [2.05, 4.69) is 24.1 Å². The molecule has 2 aliphatic rings. The van der Waals surface area contributed by atoms with Crippen molar-refractivity contribution in [3.63, 3.8) is 0 Å². The first kappa shape index (κ1) is 14.3. The third kappa shape index (κ3) is 3.92. The van der Waals surface area contributed by atoms with Gasteiger partial charge in [0.15, 0.2) is 0 Å². The van der Waals surface area contributed by atoms with Crippen molar-refractivity contribution in [2.45, 2.75) is 51.4 Å². The van der Waals surface area contributed by atoms with Crippen LogP contribution >= 0.6 is 0 Å². The fourth-order valence-electron chi connectivity index (χ4n) is 3.02. The lowest BCUT2D eigenvalue weighted by molar-refractivity contribution is -0.0377. The van der Waals surface area contributed by atoms with Crippen molar-refractivity contribution in [2.24, 2.45) is 5.92 Å². The Balaban J connectivity index is 1.64. The lowest BCUT2D eigenvalue weighted by Gasteiger charge is -2.35. The zero-order valence-electron chi connectivity index (χ0n) is 11.8. The molecule has 0 aromatic rings. The molecule has 18 heavy (non-hydrogen) atoms. The number of hydrogen-bond acceptors (Lipinski definition) is 4. The lowest BCUT2D eigenvalue weighted by atomic mass is 10.1. The predicted molar refractivity (Wildman–Crippen MR) is 72.7 cm³/mol. The Morgan fingerprint density at radius 1 is 1.33 bits per heavy atom. The Bertz CT molecular complexity index is 248. The highest BCUT2D eigenvalue weighted by molar-refractivity contribution is 4.80. The summed E-state index contributed by atoms with van der Waals surface area (Å²) in [5, 5.41) is 13.2. The van der Waals surface area contributed by atoms with Gasteiger partial charge in [0.2, 0.25) is 0 Å². The Kier molecular flexibility index (Phi) is 5.42. The average Bonchev–Trinajstić information content (AvgIpc) is 2.76. The molecule has 4 heteroatoms. The quantitative estimate of drug-likeness (QED) is 0.765. The molecule has 106 valence electrons. The molecule has 0 bridgehead atoms. The van der Waals surface area contributed by atoms with Gasteiger partial charge in [-0.15, -0.1) is 0 Å². The molecule has 1 aliphatic heterocycles. The van der Waals surface area contributed by atoms with Crippen LogP contribution in [0.5, 0.6) is 0 Å². The van der Waals surface area contributed by atoms with E-state index in [1.165, 1.54) is 6.42 Å². The summed E-state index contributed by atoms with van der Waals surface area (Å²) in [5.74, 6) is 0.454. The van der Waals surface area contributed by atoms with Gasteiger partial charge in [0.25, 0.3) is 0 Å². The van der Waals surface area contributed by atoms with Crippen LogP contribution in [0.25, 0.3) is 0 Å². The lowest BCUT2D eigenvalue weighted by Crippen LogP contribution is -2.49. The van der Waals surface area contributed by atoms with Crippen molar-refractivity contribution >= 4 is 0 Å². The topological polar surface area (TPSA) is 44.7 Å². The van der Waals surface area contributed by atoms with Gasteiger partial charge < -0.3 is 15.2 Å². The van der Waals surface area contributed by atoms with Gasteiger partial charge in [-0.3, -0.25) is 4.90 Å². The Labute approximate surface area is 111 Å². The van der Waals surface area contributed by atoms with Gasteiger partial charge in [-0.2, -0.15) is 0 Å². The SMILES string of the molecule is CC(C)N1CCOC(CNCC2CCCC2O)C1. The van der Waals surface area contributed by atoms with E-state index in [1.54, 1.807) is 0 Å². The highest BCUT2D eigenvalue weighted by atomic mass is 16.5. The number of hydrogen-bond donors (Lipinski definition) is 2. The molecule has 0 radical (unpaired) electrons. The Hall–Kier alpha value is -0.160. The van der Waals surface area contributed by atoms with Crippen molar-refractivity contribution in [2.75, 3.05) is 32.8 Å². The minimum atomic E-state index is -0.0862. The number of aliphatic hydroxyl groups excluding tert-OH is 1. The van der Waals surface area contributed by atoms with Crippen molar-refractivity contribution < 1.29 is 9.84 Å². The van der Waals surface area contributed by atoms with Gasteiger partial charge in [-0.25, -0.2) is 0 Å². The van der Waals surface area contributed by atoms with Gasteiger partial charge in [0, 0.05) is 32.2 Å². The molecule has 1 aliphatic carbocycles. The standard InChI is InChI=1S/C14H28N2O2/c1-11(2)16-6-7-18-13(10-16)9-15-8-12-4-3-5-14(12)17/h11-15,17H,3-10H2,1-2H3. The molecule has 0 spiro atoms. The number of ether oxygens (including phenoxy) is 1. The first-order valence-electron chi connectivity index (χ1n) is 7.41. The van der Waals surface area contributed by atoms with Crippen LogP contribution in [0.4, 0.5) is 0 Å². The minimum absolute atomic E-state index is 0.0862. The average molecular weight is 256 g/mol. The summed E-state index contributed by atoms with van der Waals surface area (Å²) < 4.78 is 5.78. The van der Waals surface area contributed by atoms with Gasteiger partial charge in [-0.05, 0) is 32.6 Å². The Morgan fingerprint density at radius 3 is 2.83 bits per heavy atom. The van der Waals surface area contributed by atoms with Crippen LogP contribution in [0.2, 0.25) is 0 Å². The van der Waals surface area contributed by atoms with E-state index in [0.29, 0.717) is 18.1 Å². The van der Waals surface area contributed by atoms with Crippen LogP contribution < -0.4 is 5.32 Å². The van der Waals surface area contributed by atoms with Crippen LogP contribution in [0.1, 0.15) is 33.1 Å². The largest absolute Gasteiger partial charge is 0.393 e. The van der Waals surface area contributed by atoms with E-state index in [4.69, 9.17) is 4.74 Å². The molecule has 3 atom stereocenters. The summed E-state index contributed by atoms with van der Waals surface area (Å²) in [7, 11) is 0. The minimum Gasteiger partial charge on any atom is -0.393 e. The van der Waals surface area contributed by atoms with Gasteiger partial charge in [-0.1, -0.05) is 6.42 Å². The van der Waals surface area contributed by atoms with Crippen molar-refractivity contribution in [3.05, 3.63) is 0 Å². The zero-order valence-corrected chi connectivity index (χ0v) is 11.8.